The van der Waals surface area contributed by atoms with Crippen LogP contribution in [0.3, 0.4) is 0 Å². The van der Waals surface area contributed by atoms with Crippen molar-refractivity contribution >= 4 is 28.9 Å². The second kappa shape index (κ2) is 12.0. The van der Waals surface area contributed by atoms with Gasteiger partial charge in [0.25, 0.3) is 5.91 Å². The zero-order valence-electron chi connectivity index (χ0n) is 19.3. The van der Waals surface area contributed by atoms with Crippen LogP contribution in [0.5, 0.6) is 0 Å². The number of carbonyl (C=O) groups is 2. The second-order valence-electron chi connectivity index (χ2n) is 8.30. The highest BCUT2D eigenvalue weighted by Crippen LogP contribution is 2.33. The summed E-state index contributed by atoms with van der Waals surface area (Å²) in [6, 6.07) is 11.3. The SMILES string of the molecule is CCCCCC(O)c1ccc(C(OCC2=NC(=O)C=C2)c2ccc(C(=O)OC(C)C)s2)cc1. The van der Waals surface area contributed by atoms with Crippen LogP contribution >= 0.6 is 11.3 Å². The topological polar surface area (TPSA) is 85.2 Å². The van der Waals surface area contributed by atoms with E-state index in [-0.39, 0.29) is 24.6 Å². The van der Waals surface area contributed by atoms with Crippen LogP contribution in [0.15, 0.2) is 53.5 Å². The lowest BCUT2D eigenvalue weighted by Crippen LogP contribution is -2.12. The Hall–Kier alpha value is -2.61. The molecule has 2 atom stereocenters. The van der Waals surface area contributed by atoms with E-state index in [0.717, 1.165) is 41.7 Å². The predicted octanol–water partition coefficient (Wildman–Crippen LogP) is 5.57. The summed E-state index contributed by atoms with van der Waals surface area (Å²) in [5, 5.41) is 10.5. The molecule has 0 radical (unpaired) electrons. The normalized spacial score (nSPS) is 15.1. The van der Waals surface area contributed by atoms with Gasteiger partial charge in [0.2, 0.25) is 0 Å². The number of carbonyl (C=O) groups excluding carboxylic acids is 2. The molecule has 0 aliphatic carbocycles. The summed E-state index contributed by atoms with van der Waals surface area (Å²) in [6.07, 6.45) is 5.86. The fourth-order valence-electron chi connectivity index (χ4n) is 3.50. The minimum atomic E-state index is -0.492. The summed E-state index contributed by atoms with van der Waals surface area (Å²) < 4.78 is 11.5. The summed E-state index contributed by atoms with van der Waals surface area (Å²) >= 11 is 1.32. The lowest BCUT2D eigenvalue weighted by Gasteiger charge is -2.18. The third-order valence-electron chi connectivity index (χ3n) is 5.20. The largest absolute Gasteiger partial charge is 0.459 e. The molecule has 7 heteroatoms. The molecule has 2 unspecified atom stereocenters. The number of esters is 1. The van der Waals surface area contributed by atoms with Crippen LogP contribution in [0.4, 0.5) is 0 Å². The lowest BCUT2D eigenvalue weighted by molar-refractivity contribution is -0.113. The van der Waals surface area contributed by atoms with Crippen LogP contribution < -0.4 is 0 Å². The Labute approximate surface area is 199 Å². The maximum Gasteiger partial charge on any atom is 0.348 e. The third kappa shape index (κ3) is 7.19. The average Bonchev–Trinajstić information content (AvgIpc) is 3.43. The van der Waals surface area contributed by atoms with Crippen molar-refractivity contribution < 1.29 is 24.2 Å². The molecule has 1 aliphatic heterocycles. The monoisotopic (exact) mass is 469 g/mol. The van der Waals surface area contributed by atoms with Crippen molar-refractivity contribution in [3.05, 3.63) is 69.4 Å². The lowest BCUT2D eigenvalue weighted by atomic mass is 10.00. The Kier molecular flexibility index (Phi) is 9.11. The van der Waals surface area contributed by atoms with Gasteiger partial charge in [-0.15, -0.1) is 11.3 Å². The van der Waals surface area contributed by atoms with Gasteiger partial charge in [0, 0.05) is 11.0 Å². The van der Waals surface area contributed by atoms with Gasteiger partial charge in [-0.05, 0) is 49.6 Å². The van der Waals surface area contributed by atoms with Gasteiger partial charge in [-0.2, -0.15) is 0 Å². The van der Waals surface area contributed by atoms with Gasteiger partial charge in [-0.25, -0.2) is 9.79 Å². The van der Waals surface area contributed by atoms with Gasteiger partial charge in [0.05, 0.1) is 24.5 Å². The number of aliphatic imine (C=N–C) groups is 1. The highest BCUT2D eigenvalue weighted by molar-refractivity contribution is 7.14. The Morgan fingerprint density at radius 1 is 1.06 bits per heavy atom. The Morgan fingerprint density at radius 3 is 2.42 bits per heavy atom. The molecule has 3 rings (SSSR count). The maximum absolute atomic E-state index is 12.3. The van der Waals surface area contributed by atoms with Crippen molar-refractivity contribution in [1.29, 1.82) is 0 Å². The summed E-state index contributed by atoms with van der Waals surface area (Å²) in [5.74, 6) is -0.652. The van der Waals surface area contributed by atoms with E-state index in [9.17, 15) is 14.7 Å². The Morgan fingerprint density at radius 2 is 1.79 bits per heavy atom. The maximum atomic E-state index is 12.3. The fraction of sp³-hybridized carbons (Fsp3) is 0.423. The molecule has 1 aromatic heterocycles. The number of aliphatic hydroxyl groups is 1. The number of rotatable bonds is 12. The first-order valence-electron chi connectivity index (χ1n) is 11.4. The highest BCUT2D eigenvalue weighted by atomic mass is 32.1. The smallest absolute Gasteiger partial charge is 0.348 e. The van der Waals surface area contributed by atoms with E-state index >= 15 is 0 Å². The summed E-state index contributed by atoms with van der Waals surface area (Å²) in [4.78, 5) is 29.0. The minimum absolute atomic E-state index is 0.165. The van der Waals surface area contributed by atoms with E-state index in [1.54, 1.807) is 12.1 Å². The number of hydrogen-bond acceptors (Lipinski definition) is 6. The van der Waals surface area contributed by atoms with Crippen molar-refractivity contribution in [3.63, 3.8) is 0 Å². The van der Waals surface area contributed by atoms with E-state index in [4.69, 9.17) is 9.47 Å². The fourth-order valence-corrected chi connectivity index (χ4v) is 4.47. The Balaban J connectivity index is 1.79. The first kappa shape index (κ1) is 25.0. The molecule has 1 amide bonds. The highest BCUT2D eigenvalue weighted by Gasteiger charge is 2.22. The molecule has 33 heavy (non-hydrogen) atoms. The van der Waals surface area contributed by atoms with E-state index in [1.165, 1.54) is 17.4 Å². The van der Waals surface area contributed by atoms with Crippen LogP contribution in [-0.4, -0.2) is 35.4 Å². The van der Waals surface area contributed by atoms with Crippen LogP contribution in [0.25, 0.3) is 0 Å². The second-order valence-corrected chi connectivity index (χ2v) is 9.42. The number of amides is 1. The molecule has 0 saturated heterocycles. The van der Waals surface area contributed by atoms with Gasteiger partial charge in [0.15, 0.2) is 0 Å². The van der Waals surface area contributed by atoms with Crippen molar-refractivity contribution in [1.82, 2.24) is 0 Å². The first-order chi connectivity index (χ1) is 15.9. The number of ether oxygens (including phenoxy) is 2. The molecule has 0 fully saturated rings. The first-order valence-corrected chi connectivity index (χ1v) is 12.2. The zero-order chi connectivity index (χ0) is 23.8. The molecule has 0 bridgehead atoms. The number of benzene rings is 1. The minimum Gasteiger partial charge on any atom is -0.459 e. The van der Waals surface area contributed by atoms with Crippen molar-refractivity contribution in [3.8, 4) is 0 Å². The summed E-state index contributed by atoms with van der Waals surface area (Å²) in [5.41, 5.74) is 2.32. The molecule has 1 N–H and O–H groups in total. The molecule has 0 spiro atoms. The van der Waals surface area contributed by atoms with E-state index in [2.05, 4.69) is 11.9 Å². The number of aliphatic hydroxyl groups excluding tert-OH is 1. The quantitative estimate of drug-likeness (QED) is 0.324. The number of nitrogens with zero attached hydrogens (tertiary/aromatic N) is 1. The van der Waals surface area contributed by atoms with Crippen LogP contribution in [-0.2, 0) is 14.3 Å². The van der Waals surface area contributed by atoms with Crippen molar-refractivity contribution in [2.45, 2.75) is 64.8 Å². The Bertz CT molecular complexity index is 1010. The van der Waals surface area contributed by atoms with Crippen molar-refractivity contribution in [2.75, 3.05) is 6.61 Å². The van der Waals surface area contributed by atoms with Gasteiger partial charge < -0.3 is 14.6 Å². The predicted molar refractivity (Wildman–Crippen MR) is 130 cm³/mol. The molecule has 176 valence electrons. The molecule has 2 heterocycles. The molecule has 0 saturated carbocycles. The van der Waals surface area contributed by atoms with Crippen molar-refractivity contribution in [2.24, 2.45) is 4.99 Å². The van der Waals surface area contributed by atoms with Crippen LogP contribution in [0, 0.1) is 0 Å². The third-order valence-corrected chi connectivity index (χ3v) is 6.31. The molecule has 1 aliphatic rings. The number of unbranched alkanes of at least 4 members (excludes halogenated alkanes) is 2. The average molecular weight is 470 g/mol. The van der Waals surface area contributed by atoms with Crippen LogP contribution in [0.2, 0.25) is 0 Å². The van der Waals surface area contributed by atoms with E-state index < -0.39 is 12.2 Å². The summed E-state index contributed by atoms with van der Waals surface area (Å²) in [7, 11) is 0. The van der Waals surface area contributed by atoms with Gasteiger partial charge in [-0.1, -0.05) is 50.5 Å². The van der Waals surface area contributed by atoms with Gasteiger partial charge >= 0.3 is 5.97 Å². The van der Waals surface area contributed by atoms with E-state index in [1.807, 2.05) is 44.2 Å². The molecular weight excluding hydrogens is 438 g/mol. The van der Waals surface area contributed by atoms with E-state index in [0.29, 0.717) is 10.6 Å². The van der Waals surface area contributed by atoms with Gasteiger partial charge in [-0.3, -0.25) is 4.79 Å². The zero-order valence-corrected chi connectivity index (χ0v) is 20.1. The molecule has 1 aromatic carbocycles. The molecule has 2 aromatic rings. The standard InChI is InChI=1S/C26H31NO5S/c1-4-5-6-7-21(28)18-8-10-19(11-9-18)25(31-16-20-12-15-24(29)27-20)22-13-14-23(33-22)26(30)32-17(2)3/h8-15,17,21,25,28H,4-7,16H2,1-3H3. The molecule has 6 nitrogen and oxygen atoms in total. The summed E-state index contributed by atoms with van der Waals surface area (Å²) in [6.45, 7) is 5.93. The molecular formula is C26H31NO5S. The number of hydrogen-bond donors (Lipinski definition) is 1. The number of thiophene rings is 1. The van der Waals surface area contributed by atoms with Gasteiger partial charge in [0.1, 0.15) is 11.0 Å². The van der Waals surface area contributed by atoms with Crippen LogP contribution in [0.1, 0.15) is 84.3 Å².